The van der Waals surface area contributed by atoms with Crippen LogP contribution in [0.25, 0.3) is 0 Å². The minimum absolute atomic E-state index is 0.00745. The van der Waals surface area contributed by atoms with Crippen molar-refractivity contribution >= 4 is 0 Å². The van der Waals surface area contributed by atoms with Crippen LogP contribution in [-0.4, -0.2) is 37.2 Å². The van der Waals surface area contributed by atoms with Gasteiger partial charge in [-0.1, -0.05) is 0 Å². The van der Waals surface area contributed by atoms with Crippen molar-refractivity contribution in [2.24, 2.45) is 0 Å². The van der Waals surface area contributed by atoms with Crippen molar-refractivity contribution in [3.05, 3.63) is 34.3 Å². The maximum absolute atomic E-state index is 12.5. The number of rotatable bonds is 5. The van der Waals surface area contributed by atoms with Crippen molar-refractivity contribution in [3.8, 4) is 0 Å². The Morgan fingerprint density at radius 2 is 2.23 bits per heavy atom. The Morgan fingerprint density at radius 3 is 2.86 bits per heavy atom. The van der Waals surface area contributed by atoms with Gasteiger partial charge in [-0.15, -0.1) is 0 Å². The number of aryl methyl sites for hydroxylation is 3. The van der Waals surface area contributed by atoms with E-state index in [4.69, 9.17) is 0 Å². The van der Waals surface area contributed by atoms with Gasteiger partial charge in [0, 0.05) is 25.2 Å². The summed E-state index contributed by atoms with van der Waals surface area (Å²) in [5.74, 6) is 1.27. The van der Waals surface area contributed by atoms with E-state index in [-0.39, 0.29) is 5.69 Å². The Balaban J connectivity index is 1.79. The minimum Gasteiger partial charge on any atom is -0.316 e. The standard InChI is InChI=1S/C15H24N6O/c1-3-20-14(13-5-4-7-16-11-13)18-21(15(20)22)10-9-19-8-6-12(2)17-19/h6,8,13,16H,3-5,7,9-11H2,1-2H3. The van der Waals surface area contributed by atoms with Crippen molar-refractivity contribution < 1.29 is 0 Å². The average Bonchev–Trinajstić information content (AvgIpc) is 3.09. The van der Waals surface area contributed by atoms with Crippen molar-refractivity contribution in [1.82, 2.24) is 29.4 Å². The predicted octanol–water partition coefficient (Wildman–Crippen LogP) is 0.737. The molecule has 0 saturated carbocycles. The molecule has 22 heavy (non-hydrogen) atoms. The molecular formula is C15H24N6O. The quantitative estimate of drug-likeness (QED) is 0.884. The summed E-state index contributed by atoms with van der Waals surface area (Å²) in [5.41, 5.74) is 0.979. The summed E-state index contributed by atoms with van der Waals surface area (Å²) in [6.45, 7) is 7.83. The van der Waals surface area contributed by atoms with Gasteiger partial charge < -0.3 is 5.32 Å². The number of nitrogens with zero attached hydrogens (tertiary/aromatic N) is 5. The minimum atomic E-state index is -0.00745. The molecule has 2 aromatic heterocycles. The molecule has 0 spiro atoms. The molecule has 1 fully saturated rings. The first-order chi connectivity index (χ1) is 10.7. The van der Waals surface area contributed by atoms with Gasteiger partial charge in [0.25, 0.3) is 0 Å². The van der Waals surface area contributed by atoms with Gasteiger partial charge in [0.2, 0.25) is 0 Å². The lowest BCUT2D eigenvalue weighted by Crippen LogP contribution is -2.31. The highest BCUT2D eigenvalue weighted by atomic mass is 16.2. The lowest BCUT2D eigenvalue weighted by Gasteiger charge is -2.21. The molecule has 1 N–H and O–H groups in total. The fourth-order valence-electron chi connectivity index (χ4n) is 3.06. The molecular weight excluding hydrogens is 280 g/mol. The van der Waals surface area contributed by atoms with E-state index < -0.39 is 0 Å². The highest BCUT2D eigenvalue weighted by Crippen LogP contribution is 2.20. The predicted molar refractivity (Wildman–Crippen MR) is 84.0 cm³/mol. The number of aromatic nitrogens is 5. The smallest absolute Gasteiger partial charge is 0.316 e. The van der Waals surface area contributed by atoms with E-state index >= 15 is 0 Å². The SMILES string of the molecule is CCn1c(C2CCCNC2)nn(CCn2ccc(C)n2)c1=O. The molecule has 3 rings (SSSR count). The van der Waals surface area contributed by atoms with Crippen molar-refractivity contribution in [2.75, 3.05) is 13.1 Å². The summed E-state index contributed by atoms with van der Waals surface area (Å²) < 4.78 is 5.25. The summed E-state index contributed by atoms with van der Waals surface area (Å²) >= 11 is 0. The van der Waals surface area contributed by atoms with E-state index in [1.807, 2.05) is 35.4 Å². The summed E-state index contributed by atoms with van der Waals surface area (Å²) in [6.07, 6.45) is 4.17. The van der Waals surface area contributed by atoms with Crippen LogP contribution in [0.5, 0.6) is 0 Å². The Labute approximate surface area is 129 Å². The highest BCUT2D eigenvalue weighted by molar-refractivity contribution is 5.00. The highest BCUT2D eigenvalue weighted by Gasteiger charge is 2.23. The maximum Gasteiger partial charge on any atom is 0.345 e. The van der Waals surface area contributed by atoms with Gasteiger partial charge >= 0.3 is 5.69 Å². The van der Waals surface area contributed by atoms with E-state index in [2.05, 4.69) is 15.5 Å². The van der Waals surface area contributed by atoms with E-state index in [0.29, 0.717) is 25.6 Å². The molecule has 120 valence electrons. The van der Waals surface area contributed by atoms with Crippen LogP contribution < -0.4 is 11.0 Å². The van der Waals surface area contributed by atoms with Gasteiger partial charge in [-0.3, -0.25) is 9.25 Å². The number of nitrogens with one attached hydrogen (secondary N) is 1. The van der Waals surface area contributed by atoms with Crippen molar-refractivity contribution in [2.45, 2.75) is 52.2 Å². The molecule has 2 aromatic rings. The van der Waals surface area contributed by atoms with Crippen molar-refractivity contribution in [3.63, 3.8) is 0 Å². The zero-order chi connectivity index (χ0) is 15.5. The third-order valence-electron chi connectivity index (χ3n) is 4.24. The molecule has 0 aliphatic carbocycles. The second kappa shape index (κ2) is 6.48. The van der Waals surface area contributed by atoms with Gasteiger partial charge in [-0.25, -0.2) is 9.48 Å². The molecule has 3 heterocycles. The van der Waals surface area contributed by atoms with Crippen LogP contribution in [0.15, 0.2) is 17.1 Å². The molecule has 0 radical (unpaired) electrons. The van der Waals surface area contributed by atoms with Crippen LogP contribution >= 0.6 is 0 Å². The lowest BCUT2D eigenvalue weighted by molar-refractivity contribution is 0.428. The number of piperidine rings is 1. The van der Waals surface area contributed by atoms with E-state index in [1.165, 1.54) is 0 Å². The van der Waals surface area contributed by atoms with Crippen LogP contribution in [0.4, 0.5) is 0 Å². The first-order valence-corrected chi connectivity index (χ1v) is 8.07. The fourth-order valence-corrected chi connectivity index (χ4v) is 3.06. The van der Waals surface area contributed by atoms with Gasteiger partial charge in [-0.2, -0.15) is 10.2 Å². The van der Waals surface area contributed by atoms with Crippen LogP contribution in [0.3, 0.4) is 0 Å². The van der Waals surface area contributed by atoms with Gasteiger partial charge in [0.1, 0.15) is 5.82 Å². The van der Waals surface area contributed by atoms with E-state index in [1.54, 1.807) is 4.68 Å². The molecule has 0 aromatic carbocycles. The summed E-state index contributed by atoms with van der Waals surface area (Å²) in [5, 5.41) is 12.4. The molecule has 1 saturated heterocycles. The molecule has 7 heteroatoms. The number of hydrogen-bond acceptors (Lipinski definition) is 4. The zero-order valence-corrected chi connectivity index (χ0v) is 13.3. The van der Waals surface area contributed by atoms with Gasteiger partial charge in [-0.05, 0) is 39.3 Å². The molecule has 1 aliphatic rings. The Bertz CT molecular complexity index is 677. The van der Waals surface area contributed by atoms with Crippen LogP contribution in [0, 0.1) is 6.92 Å². The van der Waals surface area contributed by atoms with E-state index in [9.17, 15) is 4.79 Å². The second-order valence-electron chi connectivity index (χ2n) is 5.87. The molecule has 0 amide bonds. The third kappa shape index (κ3) is 2.99. The molecule has 1 unspecified atom stereocenters. The Kier molecular flexibility index (Phi) is 4.42. The topological polar surface area (TPSA) is 69.7 Å². The zero-order valence-electron chi connectivity index (χ0n) is 13.3. The molecule has 0 bridgehead atoms. The largest absolute Gasteiger partial charge is 0.345 e. The maximum atomic E-state index is 12.5. The Morgan fingerprint density at radius 1 is 1.36 bits per heavy atom. The normalized spacial score (nSPS) is 18.7. The van der Waals surface area contributed by atoms with Crippen LogP contribution in [0.2, 0.25) is 0 Å². The van der Waals surface area contributed by atoms with Gasteiger partial charge in [0.05, 0.1) is 18.8 Å². The summed E-state index contributed by atoms with van der Waals surface area (Å²) in [6, 6.07) is 1.96. The molecule has 1 atom stereocenters. The van der Waals surface area contributed by atoms with Crippen LogP contribution in [0.1, 0.15) is 37.2 Å². The lowest BCUT2D eigenvalue weighted by atomic mass is 9.99. The first kappa shape index (κ1) is 15.0. The molecule has 1 aliphatic heterocycles. The summed E-state index contributed by atoms with van der Waals surface area (Å²) in [4.78, 5) is 12.5. The van der Waals surface area contributed by atoms with Crippen LogP contribution in [-0.2, 0) is 19.6 Å². The first-order valence-electron chi connectivity index (χ1n) is 8.07. The summed E-state index contributed by atoms with van der Waals surface area (Å²) in [7, 11) is 0. The van der Waals surface area contributed by atoms with Crippen molar-refractivity contribution in [1.29, 1.82) is 0 Å². The van der Waals surface area contributed by atoms with Gasteiger partial charge in [0.15, 0.2) is 0 Å². The monoisotopic (exact) mass is 304 g/mol. The molecule has 7 nitrogen and oxygen atoms in total. The number of hydrogen-bond donors (Lipinski definition) is 1. The average molecular weight is 304 g/mol. The van der Waals surface area contributed by atoms with E-state index in [0.717, 1.165) is 37.4 Å². The third-order valence-corrected chi connectivity index (χ3v) is 4.24. The fraction of sp³-hybridized carbons (Fsp3) is 0.667. The second-order valence-corrected chi connectivity index (χ2v) is 5.87. The Hall–Kier alpha value is -1.89.